The number of nitrogens with zero attached hydrogens (tertiary/aromatic N) is 2. The fraction of sp³-hybridized carbons (Fsp3) is 0.208. The number of anilines is 6. The number of benzene rings is 7. The second kappa shape index (κ2) is 11.1. The minimum atomic E-state index is 0.0848. The van der Waals surface area contributed by atoms with Crippen LogP contribution >= 0.6 is 11.3 Å². The van der Waals surface area contributed by atoms with Crippen LogP contribution in [0.25, 0.3) is 31.3 Å². The van der Waals surface area contributed by atoms with E-state index in [4.69, 9.17) is 0 Å². The molecular weight excluding hydrogens is 707 g/mol. The Morgan fingerprint density at radius 3 is 2.04 bits per heavy atom. The zero-order valence-corrected chi connectivity index (χ0v) is 32.9. The molecule has 3 aliphatic heterocycles. The van der Waals surface area contributed by atoms with E-state index < -0.39 is 0 Å². The normalized spacial score (nSPS) is 24.2. The van der Waals surface area contributed by atoms with E-state index in [2.05, 4.69) is 162 Å². The Morgan fingerprint density at radius 2 is 1.19 bits per heavy atom. The van der Waals surface area contributed by atoms with E-state index >= 15 is 0 Å². The molecule has 272 valence electrons. The van der Waals surface area contributed by atoms with Crippen molar-refractivity contribution in [2.45, 2.75) is 44.4 Å². The van der Waals surface area contributed by atoms with Crippen LogP contribution in [0.1, 0.15) is 48.8 Å². The smallest absolute Gasteiger partial charge is 0.252 e. The van der Waals surface area contributed by atoms with E-state index in [9.17, 15) is 0 Å². The first-order chi connectivity index (χ1) is 28.1. The molecule has 0 N–H and O–H groups in total. The lowest BCUT2D eigenvalue weighted by Crippen LogP contribution is -2.64. The van der Waals surface area contributed by atoms with Gasteiger partial charge in [0, 0.05) is 54.0 Å². The summed E-state index contributed by atoms with van der Waals surface area (Å²) in [6.07, 6.45) is 7.02. The van der Waals surface area contributed by atoms with Crippen molar-refractivity contribution < 1.29 is 0 Å². The van der Waals surface area contributed by atoms with Gasteiger partial charge in [-0.3, -0.25) is 0 Å². The third kappa shape index (κ3) is 3.98. The molecule has 1 aromatic heterocycles. The summed E-state index contributed by atoms with van der Waals surface area (Å²) in [5.41, 5.74) is 19.4. The Balaban J connectivity index is 1.02. The first kappa shape index (κ1) is 31.5. The number of fused-ring (bicyclic) bond motifs is 9. The Labute approximate surface area is 338 Å². The number of aryl methyl sites for hydroxylation is 1. The van der Waals surface area contributed by atoms with Crippen molar-refractivity contribution in [1.29, 1.82) is 0 Å². The lowest BCUT2D eigenvalue weighted by Gasteiger charge is -2.64. The van der Waals surface area contributed by atoms with Crippen LogP contribution in [0.2, 0.25) is 0 Å². The molecule has 2 nitrogen and oxygen atoms in total. The molecule has 7 aromatic carbocycles. The van der Waals surface area contributed by atoms with Crippen LogP contribution in [0, 0.1) is 30.6 Å². The van der Waals surface area contributed by atoms with Gasteiger partial charge in [-0.05, 0) is 150 Å². The van der Waals surface area contributed by atoms with Crippen LogP contribution in [0.4, 0.5) is 34.1 Å². The van der Waals surface area contributed by atoms with Gasteiger partial charge in [0.25, 0.3) is 6.71 Å². The third-order valence-electron chi connectivity index (χ3n) is 15.5. The Morgan fingerprint density at radius 1 is 0.526 bits per heavy atom. The summed E-state index contributed by atoms with van der Waals surface area (Å²) in [5.74, 6) is 3.26. The predicted octanol–water partition coefficient (Wildman–Crippen LogP) is 12.2. The summed E-state index contributed by atoms with van der Waals surface area (Å²) in [4.78, 5) is 5.27. The summed E-state index contributed by atoms with van der Waals surface area (Å²) < 4.78 is 2.70. The van der Waals surface area contributed by atoms with E-state index in [1.807, 2.05) is 11.3 Å². The van der Waals surface area contributed by atoms with Crippen molar-refractivity contribution in [3.8, 4) is 11.1 Å². The highest BCUT2D eigenvalue weighted by atomic mass is 32.1. The van der Waals surface area contributed by atoms with Gasteiger partial charge < -0.3 is 9.80 Å². The topological polar surface area (TPSA) is 6.48 Å². The summed E-state index contributed by atoms with van der Waals surface area (Å²) >= 11 is 1.90. The summed E-state index contributed by atoms with van der Waals surface area (Å²) in [6.45, 7) is 2.33. The third-order valence-corrected chi connectivity index (χ3v) is 16.6. The van der Waals surface area contributed by atoms with Crippen molar-refractivity contribution in [2.24, 2.45) is 23.7 Å². The standard InChI is InChI=1S/C53H41BN2S/c1-31-16-20-38(21-17-31)55-46-13-7-14-47-51(46)54(43-23-19-34(29-48(43)55)35-18-22-40-39-8-2-5-15-49(39)57-50(40)30-35)44-11-6-10-42-52(44)56(47)45-12-4-3-9-41(45)53(42)36-25-32-24-33(27-36)28-37(53)26-32/h2-23,29-30,32-33,36-37H,24-28H2,1H3. The number of thiophene rings is 1. The SMILES string of the molecule is Cc1ccc(N2c3cc(-c4ccc5c(c4)sc4ccccc45)ccc3B3c4cccc5c4N(c4ccccc4C54C5CC6CC(C5)CC4C6)c4cccc2c43)cc1. The molecule has 4 saturated carbocycles. The van der Waals surface area contributed by atoms with Crippen LogP contribution < -0.4 is 26.2 Å². The van der Waals surface area contributed by atoms with Gasteiger partial charge in [-0.25, -0.2) is 0 Å². The molecular formula is C53H41BN2S. The molecule has 0 unspecified atom stereocenters. The molecule has 4 heterocycles. The minimum absolute atomic E-state index is 0.0848. The summed E-state index contributed by atoms with van der Waals surface area (Å²) in [5, 5.41) is 2.70. The average Bonchev–Trinajstić information content (AvgIpc) is 3.62. The lowest BCUT2D eigenvalue weighted by atomic mass is 9.32. The van der Waals surface area contributed by atoms with Gasteiger partial charge in [0.15, 0.2) is 0 Å². The number of rotatable bonds is 2. The van der Waals surface area contributed by atoms with Gasteiger partial charge in [-0.2, -0.15) is 0 Å². The second-order valence-electron chi connectivity index (χ2n) is 18.2. The van der Waals surface area contributed by atoms with Crippen LogP contribution in [-0.4, -0.2) is 6.71 Å². The Kier molecular flexibility index (Phi) is 6.13. The molecule has 4 bridgehead atoms. The molecule has 0 saturated heterocycles. The molecule has 15 rings (SSSR count). The maximum Gasteiger partial charge on any atom is 0.252 e. The molecule has 7 aliphatic rings. The zero-order valence-electron chi connectivity index (χ0n) is 32.1. The van der Waals surface area contributed by atoms with E-state index in [0.29, 0.717) is 11.8 Å². The van der Waals surface area contributed by atoms with Crippen molar-refractivity contribution in [3.63, 3.8) is 0 Å². The van der Waals surface area contributed by atoms with Gasteiger partial charge >= 0.3 is 0 Å². The number of hydrogen-bond donors (Lipinski definition) is 0. The summed E-state index contributed by atoms with van der Waals surface area (Å²) in [7, 11) is 0. The zero-order chi connectivity index (χ0) is 37.1. The highest BCUT2D eigenvalue weighted by Crippen LogP contribution is 2.69. The predicted molar refractivity (Wildman–Crippen MR) is 241 cm³/mol. The van der Waals surface area contributed by atoms with Gasteiger partial charge in [-0.1, -0.05) is 103 Å². The van der Waals surface area contributed by atoms with Crippen molar-refractivity contribution in [1.82, 2.24) is 0 Å². The van der Waals surface area contributed by atoms with Crippen molar-refractivity contribution >= 4 is 88.7 Å². The second-order valence-corrected chi connectivity index (χ2v) is 19.2. The molecule has 4 heteroatoms. The van der Waals surface area contributed by atoms with Crippen LogP contribution in [0.5, 0.6) is 0 Å². The van der Waals surface area contributed by atoms with Crippen molar-refractivity contribution in [3.05, 3.63) is 162 Å². The van der Waals surface area contributed by atoms with Crippen LogP contribution in [0.15, 0.2) is 146 Å². The van der Waals surface area contributed by atoms with Crippen LogP contribution in [0.3, 0.4) is 0 Å². The Bertz CT molecular complexity index is 3000. The van der Waals surface area contributed by atoms with E-state index in [1.54, 1.807) is 11.1 Å². The molecule has 8 aromatic rings. The molecule has 0 radical (unpaired) electrons. The summed E-state index contributed by atoms with van der Waals surface area (Å²) in [6, 6.07) is 56.7. The number of hydrogen-bond acceptors (Lipinski definition) is 3. The lowest BCUT2D eigenvalue weighted by molar-refractivity contribution is -0.0419. The largest absolute Gasteiger partial charge is 0.311 e. The maximum absolute atomic E-state index is 2.71. The van der Waals surface area contributed by atoms with E-state index in [0.717, 1.165) is 11.8 Å². The minimum Gasteiger partial charge on any atom is -0.311 e. The van der Waals surface area contributed by atoms with Crippen molar-refractivity contribution in [2.75, 3.05) is 9.80 Å². The van der Waals surface area contributed by atoms with E-state index in [-0.39, 0.29) is 12.1 Å². The maximum atomic E-state index is 2.71. The van der Waals surface area contributed by atoms with Crippen LogP contribution in [-0.2, 0) is 5.41 Å². The Hall–Kier alpha value is -5.58. The highest BCUT2D eigenvalue weighted by molar-refractivity contribution is 7.25. The molecule has 4 aliphatic carbocycles. The first-order valence-corrected chi connectivity index (χ1v) is 22.0. The fourth-order valence-corrected chi connectivity index (χ4v) is 14.7. The molecule has 0 atom stereocenters. The quantitative estimate of drug-likeness (QED) is 0.162. The molecule has 0 amide bonds. The van der Waals surface area contributed by atoms with Gasteiger partial charge in [0.05, 0.1) is 5.69 Å². The highest BCUT2D eigenvalue weighted by Gasteiger charge is 2.62. The number of para-hydroxylation sites is 2. The monoisotopic (exact) mass is 748 g/mol. The molecule has 4 fully saturated rings. The molecule has 1 spiro atoms. The van der Waals surface area contributed by atoms with Gasteiger partial charge in [-0.15, -0.1) is 11.3 Å². The average molecular weight is 749 g/mol. The van der Waals surface area contributed by atoms with Gasteiger partial charge in [0.1, 0.15) is 0 Å². The first-order valence-electron chi connectivity index (χ1n) is 21.2. The fourth-order valence-electron chi connectivity index (χ4n) is 13.6. The van der Waals surface area contributed by atoms with Gasteiger partial charge in [0.2, 0.25) is 0 Å². The molecule has 57 heavy (non-hydrogen) atoms. The van der Waals surface area contributed by atoms with E-state index in [1.165, 1.54) is 119 Å².